The van der Waals surface area contributed by atoms with Crippen molar-refractivity contribution < 1.29 is 19.1 Å². The fraction of sp³-hybridized carbons (Fsp3) is 0.238. The van der Waals surface area contributed by atoms with Crippen LogP contribution < -0.4 is 9.47 Å². The molecule has 0 spiro atoms. The number of thioether (sulfide) groups is 1. The zero-order chi connectivity index (χ0) is 21.8. The SMILES string of the molecule is CCOc1cc(/C=C2/SC(=O)N(Cc3ccc(Cl)c(Cl)c3)C2=O)cc(Br)c1OCC. The Kier molecular flexibility index (Phi) is 7.74. The Bertz CT molecular complexity index is 1030. The number of carbonyl (C=O) groups is 2. The molecular formula is C21H18BrCl2NO4S. The van der Waals surface area contributed by atoms with Crippen molar-refractivity contribution in [1.29, 1.82) is 0 Å². The molecule has 2 aromatic carbocycles. The van der Waals surface area contributed by atoms with Gasteiger partial charge in [-0.05, 0) is 83.0 Å². The fourth-order valence-electron chi connectivity index (χ4n) is 2.83. The first kappa shape index (κ1) is 23.0. The minimum Gasteiger partial charge on any atom is -0.490 e. The molecule has 1 saturated heterocycles. The van der Waals surface area contributed by atoms with Gasteiger partial charge in [-0.1, -0.05) is 29.3 Å². The lowest BCUT2D eigenvalue weighted by Crippen LogP contribution is -2.27. The van der Waals surface area contributed by atoms with Crippen LogP contribution in [0, 0.1) is 0 Å². The molecule has 9 heteroatoms. The van der Waals surface area contributed by atoms with Crippen molar-refractivity contribution >= 4 is 68.1 Å². The number of halogens is 3. The van der Waals surface area contributed by atoms with Gasteiger partial charge in [0.05, 0.1) is 39.2 Å². The summed E-state index contributed by atoms with van der Waals surface area (Å²) in [4.78, 5) is 26.8. The summed E-state index contributed by atoms with van der Waals surface area (Å²) in [6.07, 6.45) is 1.67. The number of hydrogen-bond acceptors (Lipinski definition) is 5. The first-order valence-electron chi connectivity index (χ1n) is 9.12. The summed E-state index contributed by atoms with van der Waals surface area (Å²) in [6, 6.07) is 8.63. The first-order chi connectivity index (χ1) is 14.3. The molecule has 158 valence electrons. The average Bonchev–Trinajstić information content (AvgIpc) is 2.95. The van der Waals surface area contributed by atoms with Crippen LogP contribution >= 0.6 is 50.9 Å². The van der Waals surface area contributed by atoms with Gasteiger partial charge in [0, 0.05) is 0 Å². The van der Waals surface area contributed by atoms with Crippen molar-refractivity contribution in [2.24, 2.45) is 0 Å². The highest BCUT2D eigenvalue weighted by atomic mass is 79.9. The van der Waals surface area contributed by atoms with Crippen molar-refractivity contribution in [3.63, 3.8) is 0 Å². The van der Waals surface area contributed by atoms with Crippen LogP contribution in [-0.4, -0.2) is 29.3 Å². The van der Waals surface area contributed by atoms with Crippen LogP contribution in [0.3, 0.4) is 0 Å². The molecule has 0 saturated carbocycles. The molecule has 1 fully saturated rings. The minimum atomic E-state index is -0.362. The number of amides is 2. The van der Waals surface area contributed by atoms with Gasteiger partial charge < -0.3 is 9.47 Å². The van der Waals surface area contributed by atoms with E-state index >= 15 is 0 Å². The van der Waals surface area contributed by atoms with Crippen LogP contribution in [0.4, 0.5) is 4.79 Å². The lowest BCUT2D eigenvalue weighted by molar-refractivity contribution is -0.123. The van der Waals surface area contributed by atoms with Crippen molar-refractivity contribution in [3.05, 3.63) is 60.9 Å². The van der Waals surface area contributed by atoms with Crippen LogP contribution in [-0.2, 0) is 11.3 Å². The molecule has 30 heavy (non-hydrogen) atoms. The Morgan fingerprint density at radius 2 is 1.80 bits per heavy atom. The largest absolute Gasteiger partial charge is 0.490 e. The minimum absolute atomic E-state index is 0.121. The molecule has 1 heterocycles. The summed E-state index contributed by atoms with van der Waals surface area (Å²) in [5.41, 5.74) is 1.43. The summed E-state index contributed by atoms with van der Waals surface area (Å²) in [7, 11) is 0. The molecule has 2 amide bonds. The van der Waals surface area contributed by atoms with Gasteiger partial charge in [-0.15, -0.1) is 0 Å². The van der Waals surface area contributed by atoms with E-state index in [0.29, 0.717) is 49.7 Å². The Labute approximate surface area is 197 Å². The number of imide groups is 1. The van der Waals surface area contributed by atoms with E-state index in [4.69, 9.17) is 32.7 Å². The van der Waals surface area contributed by atoms with Crippen LogP contribution in [0.2, 0.25) is 10.0 Å². The van der Waals surface area contributed by atoms with Gasteiger partial charge in [-0.3, -0.25) is 14.5 Å². The Morgan fingerprint density at radius 3 is 2.47 bits per heavy atom. The standard InChI is InChI=1S/C21H18BrCl2NO4S/c1-3-28-17-9-13(7-14(22)19(17)29-4-2)10-18-20(26)25(21(27)30-18)11-12-5-6-15(23)16(24)8-12/h5-10H,3-4,11H2,1-2H3/b18-10+. The summed E-state index contributed by atoms with van der Waals surface area (Å²) < 4.78 is 12.0. The monoisotopic (exact) mass is 529 g/mol. The topological polar surface area (TPSA) is 55.8 Å². The lowest BCUT2D eigenvalue weighted by atomic mass is 10.1. The van der Waals surface area contributed by atoms with E-state index in [1.807, 2.05) is 19.9 Å². The molecule has 0 aliphatic carbocycles. The maximum atomic E-state index is 12.8. The predicted molar refractivity (Wildman–Crippen MR) is 124 cm³/mol. The molecular weight excluding hydrogens is 513 g/mol. The summed E-state index contributed by atoms with van der Waals surface area (Å²) in [5, 5.41) is 0.451. The second kappa shape index (κ2) is 10.1. The Morgan fingerprint density at radius 1 is 1.07 bits per heavy atom. The van der Waals surface area contributed by atoms with Crippen molar-refractivity contribution in [1.82, 2.24) is 4.90 Å². The Balaban J connectivity index is 1.86. The van der Waals surface area contributed by atoms with Crippen LogP contribution in [0.25, 0.3) is 6.08 Å². The molecule has 0 bridgehead atoms. The second-order valence-electron chi connectivity index (χ2n) is 6.21. The third-order valence-corrected chi connectivity index (χ3v) is 6.35. The van der Waals surface area contributed by atoms with Crippen LogP contribution in [0.1, 0.15) is 25.0 Å². The number of rotatable bonds is 7. The molecule has 1 aliphatic heterocycles. The highest BCUT2D eigenvalue weighted by molar-refractivity contribution is 9.10. The summed E-state index contributed by atoms with van der Waals surface area (Å²) in [6.45, 7) is 4.85. The molecule has 3 rings (SSSR count). The summed E-state index contributed by atoms with van der Waals surface area (Å²) in [5.74, 6) is 0.804. The van der Waals surface area contributed by atoms with E-state index in [2.05, 4.69) is 15.9 Å². The van der Waals surface area contributed by atoms with E-state index < -0.39 is 0 Å². The molecule has 0 atom stereocenters. The van der Waals surface area contributed by atoms with Crippen molar-refractivity contribution in [2.75, 3.05) is 13.2 Å². The van der Waals surface area contributed by atoms with Crippen molar-refractivity contribution in [3.8, 4) is 11.5 Å². The molecule has 0 radical (unpaired) electrons. The number of carbonyl (C=O) groups excluding carboxylic acids is 2. The first-order valence-corrected chi connectivity index (χ1v) is 11.5. The van der Waals surface area contributed by atoms with E-state index in [1.165, 1.54) is 4.90 Å². The van der Waals surface area contributed by atoms with Crippen LogP contribution in [0.15, 0.2) is 39.7 Å². The predicted octanol–water partition coefficient (Wildman–Crippen LogP) is 6.79. The van der Waals surface area contributed by atoms with Crippen molar-refractivity contribution in [2.45, 2.75) is 20.4 Å². The highest BCUT2D eigenvalue weighted by Gasteiger charge is 2.35. The maximum absolute atomic E-state index is 12.8. The van der Waals surface area contributed by atoms with Gasteiger partial charge in [-0.25, -0.2) is 0 Å². The number of benzene rings is 2. The van der Waals surface area contributed by atoms with E-state index in [1.54, 1.807) is 30.3 Å². The molecule has 0 aromatic heterocycles. The highest BCUT2D eigenvalue weighted by Crippen LogP contribution is 2.39. The number of nitrogens with zero attached hydrogens (tertiary/aromatic N) is 1. The molecule has 2 aromatic rings. The van der Waals surface area contributed by atoms with Crippen LogP contribution in [0.5, 0.6) is 11.5 Å². The third-order valence-electron chi connectivity index (χ3n) is 4.12. The van der Waals surface area contributed by atoms with E-state index in [9.17, 15) is 9.59 Å². The fourth-order valence-corrected chi connectivity index (χ4v) is 4.56. The van der Waals surface area contributed by atoms with Gasteiger partial charge >= 0.3 is 0 Å². The lowest BCUT2D eigenvalue weighted by Gasteiger charge is -2.14. The quantitative estimate of drug-likeness (QED) is 0.369. The molecule has 5 nitrogen and oxygen atoms in total. The van der Waals surface area contributed by atoms with Gasteiger partial charge in [-0.2, -0.15) is 0 Å². The maximum Gasteiger partial charge on any atom is 0.293 e. The Hall–Kier alpha value is -1.67. The molecule has 0 unspecified atom stereocenters. The summed E-state index contributed by atoms with van der Waals surface area (Å²) >= 11 is 16.3. The third kappa shape index (κ3) is 5.14. The smallest absolute Gasteiger partial charge is 0.293 e. The molecule has 0 N–H and O–H groups in total. The van der Waals surface area contributed by atoms with E-state index in [-0.39, 0.29) is 17.7 Å². The van der Waals surface area contributed by atoms with Gasteiger partial charge in [0.2, 0.25) is 0 Å². The van der Waals surface area contributed by atoms with E-state index in [0.717, 1.165) is 17.3 Å². The second-order valence-corrected chi connectivity index (χ2v) is 8.87. The zero-order valence-corrected chi connectivity index (χ0v) is 20.1. The number of ether oxygens (including phenoxy) is 2. The van der Waals surface area contributed by atoms with Gasteiger partial charge in [0.1, 0.15) is 0 Å². The average molecular weight is 531 g/mol. The normalized spacial score (nSPS) is 15.2. The van der Waals surface area contributed by atoms with Gasteiger partial charge in [0.15, 0.2) is 11.5 Å². The zero-order valence-electron chi connectivity index (χ0n) is 16.2. The van der Waals surface area contributed by atoms with Gasteiger partial charge in [0.25, 0.3) is 11.1 Å². The molecule has 1 aliphatic rings. The number of hydrogen-bond donors (Lipinski definition) is 0.